The Balaban J connectivity index is 2.52. The molecule has 1 aliphatic heterocycles. The lowest BCUT2D eigenvalue weighted by Crippen LogP contribution is -2.31. The van der Waals surface area contributed by atoms with E-state index in [0.717, 1.165) is 43.2 Å². The van der Waals surface area contributed by atoms with Crippen molar-refractivity contribution >= 4 is 12.0 Å². The van der Waals surface area contributed by atoms with E-state index in [4.69, 9.17) is 0 Å². The van der Waals surface area contributed by atoms with E-state index >= 15 is 0 Å². The van der Waals surface area contributed by atoms with Gasteiger partial charge in [0.1, 0.15) is 6.29 Å². The molecule has 1 fully saturated rings. The summed E-state index contributed by atoms with van der Waals surface area (Å²) < 4.78 is 0. The molecule has 0 spiro atoms. The normalized spacial score (nSPS) is 19.1. The number of nitro benzene ring substituents is 1. The van der Waals surface area contributed by atoms with Crippen molar-refractivity contribution in [3.8, 4) is 0 Å². The van der Waals surface area contributed by atoms with E-state index < -0.39 is 0 Å². The van der Waals surface area contributed by atoms with Crippen LogP contribution in [0, 0.1) is 10.1 Å². The number of piperidine rings is 1. The second-order valence-electron chi connectivity index (χ2n) is 7.01. The van der Waals surface area contributed by atoms with Gasteiger partial charge in [0, 0.05) is 24.9 Å². The quantitative estimate of drug-likeness (QED) is 0.362. The van der Waals surface area contributed by atoms with E-state index in [9.17, 15) is 14.9 Å². The molecular formula is C18H24N2O3. The van der Waals surface area contributed by atoms with Gasteiger partial charge in [0.25, 0.3) is 5.69 Å². The number of aldehydes is 1. The van der Waals surface area contributed by atoms with Gasteiger partial charge in [0.2, 0.25) is 0 Å². The zero-order valence-corrected chi connectivity index (χ0v) is 14.0. The molecule has 0 aliphatic carbocycles. The smallest absolute Gasteiger partial charge is 0.269 e. The highest BCUT2D eigenvalue weighted by atomic mass is 16.6. The summed E-state index contributed by atoms with van der Waals surface area (Å²) in [4.78, 5) is 23.6. The minimum absolute atomic E-state index is 0.0778. The Morgan fingerprint density at radius 3 is 2.65 bits per heavy atom. The molecule has 2 rings (SSSR count). The van der Waals surface area contributed by atoms with Gasteiger partial charge in [-0.3, -0.25) is 14.9 Å². The van der Waals surface area contributed by atoms with Crippen molar-refractivity contribution in [1.82, 2.24) is 4.90 Å². The summed E-state index contributed by atoms with van der Waals surface area (Å²) in [5.41, 5.74) is 2.15. The first-order chi connectivity index (χ1) is 10.8. The Bertz CT molecular complexity index is 617. The van der Waals surface area contributed by atoms with Crippen LogP contribution in [-0.4, -0.2) is 22.7 Å². The van der Waals surface area contributed by atoms with Crippen LogP contribution >= 0.6 is 0 Å². The van der Waals surface area contributed by atoms with Crippen LogP contribution in [0.25, 0.3) is 0 Å². The number of benzene rings is 1. The van der Waals surface area contributed by atoms with Crippen LogP contribution in [0.2, 0.25) is 0 Å². The molecule has 0 saturated carbocycles. The highest BCUT2D eigenvalue weighted by Crippen LogP contribution is 2.39. The molecule has 23 heavy (non-hydrogen) atoms. The zero-order chi connectivity index (χ0) is 17.0. The number of carbonyl (C=O) groups excluding carboxylic acids is 1. The van der Waals surface area contributed by atoms with Crippen molar-refractivity contribution < 1.29 is 9.72 Å². The van der Waals surface area contributed by atoms with E-state index in [-0.39, 0.29) is 22.1 Å². The Hall–Kier alpha value is -2.17. The van der Waals surface area contributed by atoms with Crippen LogP contribution in [0.5, 0.6) is 0 Å². The molecule has 1 atom stereocenters. The minimum atomic E-state index is -0.343. The number of likely N-dealkylation sites (tertiary alicyclic amines) is 1. The Kier molecular flexibility index (Phi) is 5.19. The van der Waals surface area contributed by atoms with E-state index in [2.05, 4.69) is 25.7 Å². The van der Waals surface area contributed by atoms with Crippen molar-refractivity contribution in [2.45, 2.75) is 51.5 Å². The van der Waals surface area contributed by atoms with Gasteiger partial charge in [-0.25, -0.2) is 0 Å². The van der Waals surface area contributed by atoms with Crippen molar-refractivity contribution in [3.63, 3.8) is 0 Å². The van der Waals surface area contributed by atoms with Gasteiger partial charge in [-0.2, -0.15) is 0 Å². The number of hydrogen-bond acceptors (Lipinski definition) is 4. The Morgan fingerprint density at radius 1 is 1.30 bits per heavy atom. The van der Waals surface area contributed by atoms with Gasteiger partial charge >= 0.3 is 0 Å². The summed E-state index contributed by atoms with van der Waals surface area (Å²) in [6.07, 6.45) is 7.16. The van der Waals surface area contributed by atoms with E-state index in [1.165, 1.54) is 6.08 Å². The SMILES string of the molecule is CC(C)(C)c1ccc([N+](=O)[O-])cc1C1CCCCN1/C=C/C=O. The van der Waals surface area contributed by atoms with Gasteiger partial charge in [-0.15, -0.1) is 0 Å². The molecule has 0 amide bonds. The maximum atomic E-state index is 11.2. The molecule has 1 aromatic rings. The molecule has 1 heterocycles. The molecule has 124 valence electrons. The van der Waals surface area contributed by atoms with Crippen LogP contribution in [-0.2, 0) is 10.2 Å². The molecule has 1 saturated heterocycles. The zero-order valence-electron chi connectivity index (χ0n) is 14.0. The van der Waals surface area contributed by atoms with Gasteiger partial charge in [-0.1, -0.05) is 26.8 Å². The molecule has 1 unspecified atom stereocenters. The van der Waals surface area contributed by atoms with Gasteiger partial charge < -0.3 is 4.90 Å². The average Bonchev–Trinajstić information content (AvgIpc) is 2.51. The highest BCUT2D eigenvalue weighted by molar-refractivity contribution is 5.64. The third-order valence-electron chi connectivity index (χ3n) is 4.31. The fourth-order valence-electron chi connectivity index (χ4n) is 3.23. The highest BCUT2D eigenvalue weighted by Gasteiger charge is 2.29. The number of nitro groups is 1. The molecule has 0 aromatic heterocycles. The van der Waals surface area contributed by atoms with Crippen LogP contribution in [0.4, 0.5) is 5.69 Å². The molecular weight excluding hydrogens is 292 g/mol. The third kappa shape index (κ3) is 3.97. The van der Waals surface area contributed by atoms with Crippen LogP contribution in [0.15, 0.2) is 30.5 Å². The molecule has 0 bridgehead atoms. The lowest BCUT2D eigenvalue weighted by atomic mass is 9.79. The second-order valence-corrected chi connectivity index (χ2v) is 7.01. The largest absolute Gasteiger partial charge is 0.370 e. The van der Waals surface area contributed by atoms with Gasteiger partial charge in [0.05, 0.1) is 11.0 Å². The Morgan fingerprint density at radius 2 is 2.04 bits per heavy atom. The average molecular weight is 316 g/mol. The van der Waals surface area contributed by atoms with Crippen LogP contribution in [0.1, 0.15) is 57.2 Å². The molecule has 1 aliphatic rings. The molecule has 5 heteroatoms. The summed E-state index contributed by atoms with van der Waals surface area (Å²) in [5, 5.41) is 11.2. The number of rotatable bonds is 4. The third-order valence-corrected chi connectivity index (χ3v) is 4.31. The first-order valence-corrected chi connectivity index (χ1v) is 8.01. The lowest BCUT2D eigenvalue weighted by Gasteiger charge is -2.38. The fourth-order valence-corrected chi connectivity index (χ4v) is 3.23. The molecule has 5 nitrogen and oxygen atoms in total. The maximum Gasteiger partial charge on any atom is 0.269 e. The van der Waals surface area contributed by atoms with Gasteiger partial charge in [0.15, 0.2) is 0 Å². The standard InChI is InChI=1S/C18H24N2O3/c1-18(2,3)16-9-8-14(20(22)23)13-15(16)17-7-4-5-10-19(17)11-6-12-21/h6,8-9,11-13,17H,4-5,7,10H2,1-3H3/b11-6+. The number of hydrogen-bond donors (Lipinski definition) is 0. The summed E-state index contributed by atoms with van der Waals surface area (Å²) in [5.74, 6) is 0. The van der Waals surface area contributed by atoms with E-state index in [0.29, 0.717) is 0 Å². The summed E-state index contributed by atoms with van der Waals surface area (Å²) in [6, 6.07) is 5.25. The molecule has 0 radical (unpaired) electrons. The number of non-ortho nitro benzene ring substituents is 1. The molecule has 0 N–H and O–H groups in total. The number of carbonyl (C=O) groups is 1. The summed E-state index contributed by atoms with van der Waals surface area (Å²) >= 11 is 0. The topological polar surface area (TPSA) is 63.5 Å². The lowest BCUT2D eigenvalue weighted by molar-refractivity contribution is -0.385. The summed E-state index contributed by atoms with van der Waals surface area (Å²) in [6.45, 7) is 7.21. The van der Waals surface area contributed by atoms with Crippen molar-refractivity contribution in [3.05, 3.63) is 51.7 Å². The minimum Gasteiger partial charge on any atom is -0.370 e. The van der Waals surface area contributed by atoms with Crippen molar-refractivity contribution in [2.24, 2.45) is 0 Å². The van der Waals surface area contributed by atoms with Crippen molar-refractivity contribution in [1.29, 1.82) is 0 Å². The van der Waals surface area contributed by atoms with Gasteiger partial charge in [-0.05, 0) is 41.9 Å². The van der Waals surface area contributed by atoms with Crippen LogP contribution < -0.4 is 0 Å². The first-order valence-electron chi connectivity index (χ1n) is 8.01. The predicted molar refractivity (Wildman–Crippen MR) is 90.3 cm³/mol. The monoisotopic (exact) mass is 316 g/mol. The van der Waals surface area contributed by atoms with Crippen molar-refractivity contribution in [2.75, 3.05) is 6.54 Å². The molecule has 1 aromatic carbocycles. The predicted octanol–water partition coefficient (Wildman–Crippen LogP) is 4.13. The number of allylic oxidation sites excluding steroid dienone is 1. The number of nitrogens with zero attached hydrogens (tertiary/aromatic N) is 2. The maximum absolute atomic E-state index is 11.2. The Labute approximate surface area is 137 Å². The fraction of sp³-hybridized carbons (Fsp3) is 0.500. The second kappa shape index (κ2) is 6.94. The van der Waals surface area contributed by atoms with E-state index in [1.807, 2.05) is 12.3 Å². The summed E-state index contributed by atoms with van der Waals surface area (Å²) in [7, 11) is 0. The van der Waals surface area contributed by atoms with E-state index in [1.54, 1.807) is 12.1 Å². The van der Waals surface area contributed by atoms with Crippen LogP contribution in [0.3, 0.4) is 0 Å². The first kappa shape index (κ1) is 17.2.